The van der Waals surface area contributed by atoms with Crippen molar-refractivity contribution in [3.05, 3.63) is 0 Å². The molecule has 118 valence electrons. The molecule has 0 bridgehead atoms. The highest BCUT2D eigenvalue weighted by Gasteiger charge is 2.32. The molecule has 0 radical (unpaired) electrons. The minimum Gasteiger partial charge on any atom is -0.360 e. The largest absolute Gasteiger partial charge is 0.360 e. The molecular weight excluding hydrogens is 304 g/mol. The number of carbonyl (C=O) groups is 1. The number of thioether (sulfide) groups is 1. The van der Waals surface area contributed by atoms with Gasteiger partial charge in [-0.25, -0.2) is 0 Å². The number of hydrogen-bond acceptors (Lipinski definition) is 6. The van der Waals surface area contributed by atoms with Crippen LogP contribution in [-0.2, 0) is 4.79 Å². The summed E-state index contributed by atoms with van der Waals surface area (Å²) in [5.74, 6) is 1.21. The average molecular weight is 329 g/mol. The lowest BCUT2D eigenvalue weighted by atomic mass is 10.2. The molecule has 0 aromatic carbocycles. The van der Waals surface area contributed by atoms with Gasteiger partial charge >= 0.3 is 0 Å². The van der Waals surface area contributed by atoms with Gasteiger partial charge in [-0.3, -0.25) is 4.79 Å². The third-order valence-corrected chi connectivity index (χ3v) is 5.12. The van der Waals surface area contributed by atoms with Crippen molar-refractivity contribution in [3.8, 4) is 0 Å². The zero-order valence-corrected chi connectivity index (χ0v) is 14.6. The van der Waals surface area contributed by atoms with Crippen LogP contribution in [-0.4, -0.2) is 45.9 Å². The Labute approximate surface area is 134 Å². The Hall–Kier alpha value is -0.820. The number of amides is 1. The van der Waals surface area contributed by atoms with Gasteiger partial charge in [0.2, 0.25) is 11.0 Å². The Morgan fingerprint density at radius 1 is 1.48 bits per heavy atom. The number of nitrogens with zero attached hydrogens (tertiary/aromatic N) is 3. The summed E-state index contributed by atoms with van der Waals surface area (Å²) in [7, 11) is 0. The number of carbonyl (C=O) groups excluding carboxylic acids is 1. The van der Waals surface area contributed by atoms with Crippen molar-refractivity contribution in [2.24, 2.45) is 5.92 Å². The summed E-state index contributed by atoms with van der Waals surface area (Å²) in [6.07, 6.45) is 3.38. The van der Waals surface area contributed by atoms with Crippen molar-refractivity contribution in [1.82, 2.24) is 15.1 Å². The smallest absolute Gasteiger partial charge is 0.233 e. The van der Waals surface area contributed by atoms with E-state index in [-0.39, 0.29) is 5.91 Å². The Morgan fingerprint density at radius 2 is 2.24 bits per heavy atom. The molecule has 1 saturated carbocycles. The van der Waals surface area contributed by atoms with Crippen LogP contribution >= 0.6 is 23.1 Å². The van der Waals surface area contributed by atoms with Crippen LogP contribution < -0.4 is 5.32 Å². The van der Waals surface area contributed by atoms with Crippen molar-refractivity contribution in [2.45, 2.75) is 50.4 Å². The van der Waals surface area contributed by atoms with Gasteiger partial charge in [-0.1, -0.05) is 43.9 Å². The molecule has 21 heavy (non-hydrogen) atoms. The molecule has 1 aliphatic carbocycles. The van der Waals surface area contributed by atoms with Gasteiger partial charge in [-0.2, -0.15) is 0 Å². The van der Waals surface area contributed by atoms with E-state index < -0.39 is 0 Å². The van der Waals surface area contributed by atoms with Gasteiger partial charge in [-0.15, -0.1) is 10.2 Å². The summed E-state index contributed by atoms with van der Waals surface area (Å²) in [5.41, 5.74) is 0. The number of aromatic nitrogens is 2. The van der Waals surface area contributed by atoms with Gasteiger partial charge in [0, 0.05) is 19.1 Å². The van der Waals surface area contributed by atoms with E-state index in [0.717, 1.165) is 41.8 Å². The van der Waals surface area contributed by atoms with E-state index in [0.29, 0.717) is 17.7 Å². The first-order chi connectivity index (χ1) is 10.1. The minimum atomic E-state index is 0.231. The fraction of sp³-hybridized carbons (Fsp3) is 0.786. The molecular formula is C14H24N4OS2. The van der Waals surface area contributed by atoms with E-state index in [4.69, 9.17) is 0 Å². The normalized spacial score (nSPS) is 14.5. The Morgan fingerprint density at radius 3 is 2.86 bits per heavy atom. The van der Waals surface area contributed by atoms with Crippen molar-refractivity contribution in [3.63, 3.8) is 0 Å². The molecule has 1 aliphatic rings. The molecule has 1 aromatic heterocycles. The van der Waals surface area contributed by atoms with Crippen LogP contribution in [0.5, 0.6) is 0 Å². The summed E-state index contributed by atoms with van der Waals surface area (Å²) in [6, 6.07) is 0.483. The van der Waals surface area contributed by atoms with Gasteiger partial charge in [0.25, 0.3) is 0 Å². The predicted molar refractivity (Wildman–Crippen MR) is 89.0 cm³/mol. The zero-order chi connectivity index (χ0) is 15.2. The fourth-order valence-electron chi connectivity index (χ4n) is 2.01. The van der Waals surface area contributed by atoms with Gasteiger partial charge in [0.15, 0.2) is 4.34 Å². The second kappa shape index (κ2) is 7.98. The van der Waals surface area contributed by atoms with Gasteiger partial charge in [-0.05, 0) is 25.2 Å². The second-order valence-electron chi connectivity index (χ2n) is 5.76. The Balaban J connectivity index is 1.80. The summed E-state index contributed by atoms with van der Waals surface area (Å²) < 4.78 is 0.863. The second-order valence-corrected chi connectivity index (χ2v) is 7.96. The van der Waals surface area contributed by atoms with Crippen LogP contribution in [0.3, 0.4) is 0 Å². The van der Waals surface area contributed by atoms with Crippen molar-refractivity contribution < 1.29 is 4.79 Å². The van der Waals surface area contributed by atoms with Crippen molar-refractivity contribution in [2.75, 3.05) is 24.2 Å². The maximum Gasteiger partial charge on any atom is 0.233 e. The standard InChI is InChI=1S/C14H24N4OS2/c1-4-7-15-13-16-17-14(21-13)20-9-12(19)18(8-10(2)3)11-5-6-11/h10-11H,4-9H2,1-3H3,(H,15,16). The third-order valence-electron chi connectivity index (χ3n) is 3.12. The van der Waals surface area contributed by atoms with Crippen LogP contribution in [0.4, 0.5) is 5.13 Å². The van der Waals surface area contributed by atoms with Crippen molar-refractivity contribution >= 4 is 34.1 Å². The molecule has 2 rings (SSSR count). The van der Waals surface area contributed by atoms with E-state index in [1.54, 1.807) is 0 Å². The lowest BCUT2D eigenvalue weighted by Gasteiger charge is -2.24. The topological polar surface area (TPSA) is 58.1 Å². The van der Waals surface area contributed by atoms with Crippen LogP contribution in [0.25, 0.3) is 0 Å². The van der Waals surface area contributed by atoms with Crippen LogP contribution in [0.2, 0.25) is 0 Å². The number of anilines is 1. The van der Waals surface area contributed by atoms with Gasteiger partial charge < -0.3 is 10.2 Å². The summed E-state index contributed by atoms with van der Waals surface area (Å²) in [4.78, 5) is 14.4. The van der Waals surface area contributed by atoms with E-state index in [1.165, 1.54) is 23.1 Å². The monoisotopic (exact) mass is 328 g/mol. The summed E-state index contributed by atoms with van der Waals surface area (Å²) in [5, 5.41) is 12.3. The zero-order valence-electron chi connectivity index (χ0n) is 13.0. The molecule has 1 heterocycles. The SMILES string of the molecule is CCCNc1nnc(SCC(=O)N(CC(C)C)C2CC2)s1. The lowest BCUT2D eigenvalue weighted by Crippen LogP contribution is -2.37. The molecule has 1 amide bonds. The molecule has 0 aliphatic heterocycles. The number of hydrogen-bond donors (Lipinski definition) is 1. The predicted octanol–water partition coefficient (Wildman–Crippen LogP) is 3.10. The molecule has 7 heteroatoms. The fourth-order valence-corrected chi connectivity index (χ4v) is 3.68. The Kier molecular flexibility index (Phi) is 6.29. The van der Waals surface area contributed by atoms with Gasteiger partial charge in [0.05, 0.1) is 5.75 Å². The first-order valence-corrected chi connectivity index (χ1v) is 9.40. The van der Waals surface area contributed by atoms with Crippen molar-refractivity contribution in [1.29, 1.82) is 0 Å². The average Bonchev–Trinajstić information content (AvgIpc) is 3.19. The maximum absolute atomic E-state index is 12.4. The highest BCUT2D eigenvalue weighted by molar-refractivity contribution is 8.01. The van der Waals surface area contributed by atoms with Gasteiger partial charge in [0.1, 0.15) is 0 Å². The molecule has 0 spiro atoms. The summed E-state index contributed by atoms with van der Waals surface area (Å²) in [6.45, 7) is 8.20. The number of nitrogens with one attached hydrogen (secondary N) is 1. The molecule has 0 atom stereocenters. The highest BCUT2D eigenvalue weighted by Crippen LogP contribution is 2.30. The van der Waals surface area contributed by atoms with Crippen LogP contribution in [0.15, 0.2) is 4.34 Å². The quantitative estimate of drug-likeness (QED) is 0.706. The molecule has 5 nitrogen and oxygen atoms in total. The van der Waals surface area contributed by atoms with E-state index in [2.05, 4.69) is 41.2 Å². The third kappa shape index (κ3) is 5.47. The highest BCUT2D eigenvalue weighted by atomic mass is 32.2. The minimum absolute atomic E-state index is 0.231. The first-order valence-electron chi connectivity index (χ1n) is 7.59. The van der Waals surface area contributed by atoms with E-state index in [9.17, 15) is 4.79 Å². The van der Waals surface area contributed by atoms with E-state index in [1.807, 2.05) is 0 Å². The lowest BCUT2D eigenvalue weighted by molar-refractivity contribution is -0.129. The molecule has 0 saturated heterocycles. The molecule has 1 N–H and O–H groups in total. The van der Waals surface area contributed by atoms with Crippen LogP contribution in [0.1, 0.15) is 40.0 Å². The molecule has 0 unspecified atom stereocenters. The first kappa shape index (κ1) is 16.5. The summed E-state index contributed by atoms with van der Waals surface area (Å²) >= 11 is 3.02. The maximum atomic E-state index is 12.4. The molecule has 1 aromatic rings. The van der Waals surface area contributed by atoms with Crippen LogP contribution in [0, 0.1) is 5.92 Å². The number of rotatable bonds is 9. The molecule has 1 fully saturated rings. The Bertz CT molecular complexity index is 460. The van der Waals surface area contributed by atoms with E-state index >= 15 is 0 Å².